The van der Waals surface area contributed by atoms with E-state index >= 15 is 0 Å². The summed E-state index contributed by atoms with van der Waals surface area (Å²) in [4.78, 5) is 24.2. The summed E-state index contributed by atoms with van der Waals surface area (Å²) < 4.78 is 10.8. The van der Waals surface area contributed by atoms with Gasteiger partial charge in [0.05, 0.1) is 20.2 Å². The van der Waals surface area contributed by atoms with E-state index < -0.39 is 0 Å². The van der Waals surface area contributed by atoms with E-state index in [4.69, 9.17) is 9.26 Å². The Bertz CT molecular complexity index is 1140. The molecule has 1 amide bonds. The van der Waals surface area contributed by atoms with Crippen molar-refractivity contribution >= 4 is 11.6 Å². The second-order valence-corrected chi connectivity index (χ2v) is 9.07. The molecule has 2 aliphatic rings. The molecule has 1 aromatic heterocycles. The maximum absolute atomic E-state index is 13.1. The number of rotatable bonds is 6. The van der Waals surface area contributed by atoms with Crippen LogP contribution in [0.2, 0.25) is 0 Å². The number of hydrogen-bond acceptors (Lipinski definition) is 7. The molecule has 0 spiro atoms. The Labute approximate surface area is 200 Å². The van der Waals surface area contributed by atoms with Gasteiger partial charge >= 0.3 is 0 Å². The van der Waals surface area contributed by atoms with E-state index in [0.717, 1.165) is 62.6 Å². The first-order valence-electron chi connectivity index (χ1n) is 11.9. The Balaban J connectivity index is 1.13. The molecule has 0 atom stereocenters. The van der Waals surface area contributed by atoms with Crippen molar-refractivity contribution in [1.82, 2.24) is 19.9 Å². The van der Waals surface area contributed by atoms with Crippen molar-refractivity contribution in [2.75, 3.05) is 51.3 Å². The van der Waals surface area contributed by atoms with Crippen molar-refractivity contribution in [3.05, 3.63) is 59.5 Å². The van der Waals surface area contributed by atoms with E-state index in [1.54, 1.807) is 7.11 Å². The zero-order chi connectivity index (χ0) is 23.5. The lowest BCUT2D eigenvalue weighted by molar-refractivity contribution is -0.120. The Morgan fingerprint density at radius 3 is 2.56 bits per heavy atom. The van der Waals surface area contributed by atoms with Crippen molar-refractivity contribution in [1.29, 1.82) is 0 Å². The van der Waals surface area contributed by atoms with Crippen LogP contribution in [-0.2, 0) is 17.8 Å². The number of methoxy groups -OCH3 is 1. The minimum absolute atomic E-state index is 0.166. The largest absolute Gasteiger partial charge is 0.497 e. The number of piperazine rings is 1. The van der Waals surface area contributed by atoms with Crippen LogP contribution in [0.1, 0.15) is 23.4 Å². The molecule has 3 heterocycles. The van der Waals surface area contributed by atoms with Gasteiger partial charge in [-0.2, -0.15) is 4.98 Å². The molecule has 0 radical (unpaired) electrons. The number of aromatic nitrogens is 2. The zero-order valence-corrected chi connectivity index (χ0v) is 19.9. The number of ether oxygens (including phenoxy) is 1. The number of carbonyl (C=O) groups is 1. The van der Waals surface area contributed by atoms with E-state index in [-0.39, 0.29) is 5.91 Å². The third-order valence-electron chi connectivity index (χ3n) is 6.67. The molecule has 0 bridgehead atoms. The average Bonchev–Trinajstić information content (AvgIpc) is 3.33. The highest BCUT2D eigenvalue weighted by Crippen LogP contribution is 2.30. The fraction of sp³-hybridized carbons (Fsp3) is 0.423. The second kappa shape index (κ2) is 9.95. The average molecular weight is 462 g/mol. The Morgan fingerprint density at radius 2 is 1.79 bits per heavy atom. The number of hydrogen-bond donors (Lipinski definition) is 0. The normalized spacial score (nSPS) is 16.9. The minimum Gasteiger partial charge on any atom is -0.497 e. The van der Waals surface area contributed by atoms with Crippen molar-refractivity contribution in [3.63, 3.8) is 0 Å². The summed E-state index contributed by atoms with van der Waals surface area (Å²) in [7, 11) is 1.68. The summed E-state index contributed by atoms with van der Waals surface area (Å²) >= 11 is 0. The monoisotopic (exact) mass is 461 g/mol. The van der Waals surface area contributed by atoms with Crippen LogP contribution in [0.5, 0.6) is 5.75 Å². The maximum Gasteiger partial charge on any atom is 0.241 e. The summed E-state index contributed by atoms with van der Waals surface area (Å²) in [6.07, 6.45) is 1.96. The summed E-state index contributed by atoms with van der Waals surface area (Å²) in [6.45, 7) is 7.31. The molecule has 8 heteroatoms. The lowest BCUT2D eigenvalue weighted by Crippen LogP contribution is -2.50. The topological polar surface area (TPSA) is 74.9 Å². The Hall–Kier alpha value is -3.23. The molecule has 1 fully saturated rings. The molecule has 0 aliphatic carbocycles. The predicted molar refractivity (Wildman–Crippen MR) is 130 cm³/mol. The number of anilines is 1. The maximum atomic E-state index is 13.1. The first-order chi connectivity index (χ1) is 16.6. The van der Waals surface area contributed by atoms with Gasteiger partial charge in [0, 0.05) is 44.0 Å². The van der Waals surface area contributed by atoms with Crippen LogP contribution in [-0.4, -0.2) is 72.2 Å². The molecule has 5 rings (SSSR count). The number of fused-ring (bicyclic) bond motifs is 1. The van der Waals surface area contributed by atoms with Crippen LogP contribution in [0.3, 0.4) is 0 Å². The summed E-state index contributed by atoms with van der Waals surface area (Å²) in [5, 5.41) is 4.14. The number of carbonyl (C=O) groups excluding carboxylic acids is 1. The van der Waals surface area contributed by atoms with Gasteiger partial charge < -0.3 is 14.2 Å². The molecule has 0 saturated carbocycles. The second-order valence-electron chi connectivity index (χ2n) is 9.07. The standard InChI is InChI=1S/C26H31N5O3/c1-19-5-7-20(8-6-19)26-27-24(34-28-26)17-29-12-14-30(15-13-29)18-25(32)31-11-3-4-21-16-22(33-2)9-10-23(21)31/h5-10,16H,3-4,11-15,17-18H2,1-2H3. The van der Waals surface area contributed by atoms with Crippen molar-refractivity contribution in [3.8, 4) is 17.1 Å². The number of aryl methyl sites for hydroxylation is 2. The highest BCUT2D eigenvalue weighted by Gasteiger charge is 2.26. The molecule has 8 nitrogen and oxygen atoms in total. The first kappa shape index (κ1) is 22.6. The van der Waals surface area contributed by atoms with Gasteiger partial charge in [0.15, 0.2) is 0 Å². The molecule has 2 aliphatic heterocycles. The highest BCUT2D eigenvalue weighted by atomic mass is 16.5. The van der Waals surface area contributed by atoms with Crippen LogP contribution in [0, 0.1) is 6.92 Å². The van der Waals surface area contributed by atoms with Crippen LogP contribution >= 0.6 is 0 Å². The molecule has 1 saturated heterocycles. The van der Waals surface area contributed by atoms with Crippen LogP contribution in [0.15, 0.2) is 47.0 Å². The van der Waals surface area contributed by atoms with Gasteiger partial charge in [-0.05, 0) is 43.5 Å². The first-order valence-corrected chi connectivity index (χ1v) is 11.9. The fourth-order valence-electron chi connectivity index (χ4n) is 4.67. The third-order valence-corrected chi connectivity index (χ3v) is 6.67. The van der Waals surface area contributed by atoms with E-state index in [1.165, 1.54) is 11.1 Å². The van der Waals surface area contributed by atoms with E-state index in [1.807, 2.05) is 41.3 Å². The van der Waals surface area contributed by atoms with Gasteiger partial charge in [-0.3, -0.25) is 14.6 Å². The van der Waals surface area contributed by atoms with Gasteiger partial charge in [-0.25, -0.2) is 0 Å². The zero-order valence-electron chi connectivity index (χ0n) is 19.9. The molecule has 3 aromatic rings. The van der Waals surface area contributed by atoms with E-state index in [2.05, 4.69) is 32.9 Å². The lowest BCUT2D eigenvalue weighted by Gasteiger charge is -2.36. The van der Waals surface area contributed by atoms with Crippen LogP contribution < -0.4 is 9.64 Å². The smallest absolute Gasteiger partial charge is 0.241 e. The Morgan fingerprint density at radius 1 is 1.03 bits per heavy atom. The van der Waals surface area contributed by atoms with Gasteiger partial charge in [0.25, 0.3) is 0 Å². The van der Waals surface area contributed by atoms with Gasteiger partial charge in [0.1, 0.15) is 5.75 Å². The molecule has 0 unspecified atom stereocenters. The number of nitrogens with zero attached hydrogens (tertiary/aromatic N) is 5. The van der Waals surface area contributed by atoms with Crippen LogP contribution in [0.25, 0.3) is 11.4 Å². The molecule has 2 aromatic carbocycles. The molecule has 34 heavy (non-hydrogen) atoms. The van der Waals surface area contributed by atoms with Crippen LogP contribution in [0.4, 0.5) is 5.69 Å². The molecule has 0 N–H and O–H groups in total. The van der Waals surface area contributed by atoms with Gasteiger partial charge in [0.2, 0.25) is 17.6 Å². The van der Waals surface area contributed by atoms with E-state index in [9.17, 15) is 4.79 Å². The van der Waals surface area contributed by atoms with Gasteiger partial charge in [-0.15, -0.1) is 0 Å². The molecule has 178 valence electrons. The third kappa shape index (κ3) is 4.98. The predicted octanol–water partition coefficient (Wildman–Crippen LogP) is 3.15. The fourth-order valence-corrected chi connectivity index (χ4v) is 4.67. The summed E-state index contributed by atoms with van der Waals surface area (Å²) in [5.41, 5.74) is 4.38. The van der Waals surface area contributed by atoms with E-state index in [0.29, 0.717) is 24.8 Å². The quantitative estimate of drug-likeness (QED) is 0.558. The van der Waals surface area contributed by atoms with Gasteiger partial charge in [-0.1, -0.05) is 35.0 Å². The minimum atomic E-state index is 0.166. The Kier molecular flexibility index (Phi) is 6.60. The van der Waals surface area contributed by atoms with Crippen molar-refractivity contribution in [2.24, 2.45) is 0 Å². The van der Waals surface area contributed by atoms with Crippen molar-refractivity contribution < 1.29 is 14.1 Å². The lowest BCUT2D eigenvalue weighted by atomic mass is 10.0. The molecular formula is C26H31N5O3. The highest BCUT2D eigenvalue weighted by molar-refractivity contribution is 5.96. The van der Waals surface area contributed by atoms with Crippen molar-refractivity contribution in [2.45, 2.75) is 26.3 Å². The summed E-state index contributed by atoms with van der Waals surface area (Å²) in [5.74, 6) is 2.26. The SMILES string of the molecule is COc1ccc2c(c1)CCCN2C(=O)CN1CCN(Cc2nc(-c3ccc(C)cc3)no2)CC1. The molecular weight excluding hydrogens is 430 g/mol. The number of amides is 1. The summed E-state index contributed by atoms with van der Waals surface area (Å²) in [6, 6.07) is 14.1. The number of benzene rings is 2.